The van der Waals surface area contributed by atoms with E-state index in [1.807, 2.05) is 42.5 Å². The SMILES string of the molecule is COc1ccc(F)c(-c2ccc3c(c2)CCC3Oc2cccc(C(CC(=O)O)C3CC3)c2)c1. The fourth-order valence-corrected chi connectivity index (χ4v) is 4.95. The van der Waals surface area contributed by atoms with Crippen LogP contribution in [0.15, 0.2) is 60.7 Å². The van der Waals surface area contributed by atoms with Gasteiger partial charge in [0.1, 0.15) is 23.4 Å². The highest BCUT2D eigenvalue weighted by molar-refractivity contribution is 5.68. The fraction of sp³-hybridized carbons (Fsp3) is 0.321. The second-order valence-corrected chi connectivity index (χ2v) is 9.02. The summed E-state index contributed by atoms with van der Waals surface area (Å²) < 4.78 is 26.1. The number of hydrogen-bond donors (Lipinski definition) is 1. The van der Waals surface area contributed by atoms with Gasteiger partial charge < -0.3 is 14.6 Å². The molecule has 2 atom stereocenters. The summed E-state index contributed by atoms with van der Waals surface area (Å²) in [5.74, 6) is 0.863. The van der Waals surface area contributed by atoms with Gasteiger partial charge in [0.25, 0.3) is 0 Å². The largest absolute Gasteiger partial charge is 0.497 e. The van der Waals surface area contributed by atoms with Crippen LogP contribution in [-0.2, 0) is 11.2 Å². The zero-order valence-corrected chi connectivity index (χ0v) is 18.6. The van der Waals surface area contributed by atoms with Crippen LogP contribution in [0.3, 0.4) is 0 Å². The first kappa shape index (κ1) is 21.5. The summed E-state index contributed by atoms with van der Waals surface area (Å²) in [7, 11) is 1.57. The molecule has 0 radical (unpaired) electrons. The van der Waals surface area contributed by atoms with Crippen molar-refractivity contribution in [2.75, 3.05) is 7.11 Å². The highest BCUT2D eigenvalue weighted by Gasteiger charge is 2.34. The predicted molar refractivity (Wildman–Crippen MR) is 124 cm³/mol. The van der Waals surface area contributed by atoms with Crippen LogP contribution in [0.5, 0.6) is 11.5 Å². The van der Waals surface area contributed by atoms with Crippen LogP contribution in [0.1, 0.15) is 54.4 Å². The Morgan fingerprint density at radius 1 is 1.06 bits per heavy atom. The van der Waals surface area contributed by atoms with E-state index in [0.29, 0.717) is 17.2 Å². The summed E-state index contributed by atoms with van der Waals surface area (Å²) in [4.78, 5) is 11.3. The van der Waals surface area contributed by atoms with Crippen LogP contribution in [0.2, 0.25) is 0 Å². The normalized spacial score (nSPS) is 17.9. The maximum atomic E-state index is 14.4. The van der Waals surface area contributed by atoms with Gasteiger partial charge in [-0.05, 0) is 90.1 Å². The highest BCUT2D eigenvalue weighted by Crippen LogP contribution is 2.45. The Morgan fingerprint density at radius 2 is 1.91 bits per heavy atom. The van der Waals surface area contributed by atoms with Crippen LogP contribution in [-0.4, -0.2) is 18.2 Å². The number of halogens is 1. The zero-order valence-electron chi connectivity index (χ0n) is 18.6. The van der Waals surface area contributed by atoms with Gasteiger partial charge in [-0.1, -0.05) is 30.3 Å². The molecule has 4 nitrogen and oxygen atoms in total. The molecule has 1 fully saturated rings. The van der Waals surface area contributed by atoms with Gasteiger partial charge in [0.15, 0.2) is 0 Å². The van der Waals surface area contributed by atoms with E-state index in [2.05, 4.69) is 0 Å². The summed E-state index contributed by atoms with van der Waals surface area (Å²) in [6.45, 7) is 0. The molecule has 0 spiro atoms. The Balaban J connectivity index is 1.36. The molecule has 3 aromatic carbocycles. The predicted octanol–water partition coefficient (Wildman–Crippen LogP) is 6.54. The van der Waals surface area contributed by atoms with Crippen molar-refractivity contribution in [1.82, 2.24) is 0 Å². The fourth-order valence-electron chi connectivity index (χ4n) is 4.95. The van der Waals surface area contributed by atoms with Crippen LogP contribution in [0.25, 0.3) is 11.1 Å². The number of ether oxygens (including phenoxy) is 2. The lowest BCUT2D eigenvalue weighted by molar-refractivity contribution is -0.137. The Hall–Kier alpha value is -3.34. The minimum absolute atomic E-state index is 0.0437. The molecule has 2 unspecified atom stereocenters. The van der Waals surface area contributed by atoms with Crippen molar-refractivity contribution < 1.29 is 23.8 Å². The van der Waals surface area contributed by atoms with Gasteiger partial charge in [-0.25, -0.2) is 4.39 Å². The highest BCUT2D eigenvalue weighted by atomic mass is 19.1. The van der Waals surface area contributed by atoms with Crippen molar-refractivity contribution in [3.63, 3.8) is 0 Å². The van der Waals surface area contributed by atoms with Crippen LogP contribution < -0.4 is 9.47 Å². The van der Waals surface area contributed by atoms with Crippen molar-refractivity contribution in [1.29, 1.82) is 0 Å². The third-order valence-electron chi connectivity index (χ3n) is 6.80. The average molecular weight is 447 g/mol. The molecule has 1 N–H and O–H groups in total. The smallest absolute Gasteiger partial charge is 0.303 e. The van der Waals surface area contributed by atoms with E-state index in [4.69, 9.17) is 9.47 Å². The number of benzene rings is 3. The Labute approximate surface area is 193 Å². The molecule has 170 valence electrons. The maximum Gasteiger partial charge on any atom is 0.303 e. The number of hydrogen-bond acceptors (Lipinski definition) is 3. The molecule has 1 saturated carbocycles. The molecule has 33 heavy (non-hydrogen) atoms. The summed E-state index contributed by atoms with van der Waals surface area (Å²) >= 11 is 0. The lowest BCUT2D eigenvalue weighted by Gasteiger charge is -2.19. The first-order valence-corrected chi connectivity index (χ1v) is 11.5. The maximum absolute atomic E-state index is 14.4. The van der Waals surface area contributed by atoms with Crippen molar-refractivity contribution in [3.05, 3.63) is 83.2 Å². The molecule has 0 amide bonds. The number of fused-ring (bicyclic) bond motifs is 1. The number of carbonyl (C=O) groups is 1. The van der Waals surface area contributed by atoms with Crippen molar-refractivity contribution in [2.45, 2.75) is 44.1 Å². The number of methoxy groups -OCH3 is 1. The topological polar surface area (TPSA) is 55.8 Å². The van der Waals surface area contributed by atoms with E-state index >= 15 is 0 Å². The monoisotopic (exact) mass is 446 g/mol. The van der Waals surface area contributed by atoms with E-state index in [-0.39, 0.29) is 24.3 Å². The molecule has 0 aromatic heterocycles. The van der Waals surface area contributed by atoms with Crippen molar-refractivity contribution in [3.8, 4) is 22.6 Å². The molecular weight excluding hydrogens is 419 g/mol. The van der Waals surface area contributed by atoms with Crippen molar-refractivity contribution >= 4 is 5.97 Å². The van der Waals surface area contributed by atoms with E-state index in [0.717, 1.165) is 53.7 Å². The quantitative estimate of drug-likeness (QED) is 0.427. The lowest BCUT2D eigenvalue weighted by atomic mass is 9.91. The standard InChI is InChI=1S/C28H27FO4/c1-32-21-9-11-26(29)25(15-21)20-7-10-23-19(13-20)8-12-27(23)33-22-4-2-3-18(14-22)24(16-28(30)31)17-5-6-17/h2-4,7,9-11,13-15,17,24,27H,5-6,8,12,16H2,1H3,(H,30,31). The van der Waals surface area contributed by atoms with Gasteiger partial charge in [0, 0.05) is 5.56 Å². The second kappa shape index (κ2) is 8.89. The van der Waals surface area contributed by atoms with Gasteiger partial charge in [-0.3, -0.25) is 4.79 Å². The van der Waals surface area contributed by atoms with Gasteiger partial charge in [0.2, 0.25) is 0 Å². The molecule has 0 saturated heterocycles. The molecule has 5 rings (SSSR count). The second-order valence-electron chi connectivity index (χ2n) is 9.02. The summed E-state index contributed by atoms with van der Waals surface area (Å²) in [5, 5.41) is 9.32. The molecule has 2 aliphatic carbocycles. The minimum Gasteiger partial charge on any atom is -0.497 e. The van der Waals surface area contributed by atoms with Gasteiger partial charge in [-0.15, -0.1) is 0 Å². The lowest BCUT2D eigenvalue weighted by Crippen LogP contribution is -2.09. The summed E-state index contributed by atoms with van der Waals surface area (Å²) in [6.07, 6.45) is 3.99. The first-order valence-electron chi connectivity index (χ1n) is 11.5. The van der Waals surface area contributed by atoms with Gasteiger partial charge in [-0.2, -0.15) is 0 Å². The van der Waals surface area contributed by atoms with E-state index < -0.39 is 5.97 Å². The Kier molecular flexibility index (Phi) is 5.79. The van der Waals surface area contributed by atoms with Crippen molar-refractivity contribution in [2.24, 2.45) is 5.92 Å². The van der Waals surface area contributed by atoms with Crippen LogP contribution >= 0.6 is 0 Å². The molecule has 3 aromatic rings. The average Bonchev–Trinajstić information content (AvgIpc) is 3.59. The van der Waals surface area contributed by atoms with Crippen LogP contribution in [0, 0.1) is 11.7 Å². The van der Waals surface area contributed by atoms with E-state index in [1.54, 1.807) is 19.2 Å². The van der Waals surface area contributed by atoms with Gasteiger partial charge >= 0.3 is 5.97 Å². The third-order valence-corrected chi connectivity index (χ3v) is 6.80. The van der Waals surface area contributed by atoms with Gasteiger partial charge in [0.05, 0.1) is 13.5 Å². The zero-order chi connectivity index (χ0) is 22.9. The summed E-state index contributed by atoms with van der Waals surface area (Å²) in [5.41, 5.74) is 4.68. The Bertz CT molecular complexity index is 1180. The van der Waals surface area contributed by atoms with Crippen LogP contribution in [0.4, 0.5) is 4.39 Å². The molecule has 0 bridgehead atoms. The number of aliphatic carboxylic acids is 1. The third kappa shape index (κ3) is 4.58. The molecular formula is C28H27FO4. The first-order chi connectivity index (χ1) is 16.0. The molecule has 5 heteroatoms. The Morgan fingerprint density at radius 3 is 2.67 bits per heavy atom. The number of rotatable bonds is 8. The number of carboxylic acids is 1. The minimum atomic E-state index is -0.758. The number of carboxylic acid groups (broad SMARTS) is 1. The van der Waals surface area contributed by atoms with E-state index in [9.17, 15) is 14.3 Å². The number of aryl methyl sites for hydroxylation is 1. The molecule has 0 aliphatic heterocycles. The summed E-state index contributed by atoms with van der Waals surface area (Å²) in [6, 6.07) is 18.7. The molecule has 0 heterocycles. The van der Waals surface area contributed by atoms with E-state index in [1.165, 1.54) is 6.07 Å². The molecule has 2 aliphatic rings.